The molecule has 0 aliphatic carbocycles. The van der Waals surface area contributed by atoms with Crippen molar-refractivity contribution >= 4 is 14.5 Å². The Morgan fingerprint density at radius 3 is 2.00 bits per heavy atom. The largest absolute Gasteiger partial charge is 1.45 e. The summed E-state index contributed by atoms with van der Waals surface area (Å²) in [5.74, 6) is 0. The molecule has 0 aliphatic heterocycles. The van der Waals surface area contributed by atoms with Crippen molar-refractivity contribution in [3.63, 3.8) is 0 Å². The van der Waals surface area contributed by atoms with Crippen molar-refractivity contribution < 1.29 is 59.1 Å². The first-order valence-corrected chi connectivity index (χ1v) is 3.41. The van der Waals surface area contributed by atoms with Crippen LogP contribution in [0.1, 0.15) is 11.1 Å². The predicted molar refractivity (Wildman–Crippen MR) is 42.5 cm³/mol. The van der Waals surface area contributed by atoms with Gasteiger partial charge in [0.05, 0.1) is 0 Å². The molecule has 0 spiro atoms. The summed E-state index contributed by atoms with van der Waals surface area (Å²) in [6.07, 6.45) is 0. The molecule has 1 aromatic rings. The summed E-state index contributed by atoms with van der Waals surface area (Å²) < 4.78 is 0. The first kappa shape index (κ1) is 15.1. The van der Waals surface area contributed by atoms with Gasteiger partial charge < -0.3 is 14.5 Å². The second-order valence-corrected chi connectivity index (χ2v) is 2.77. The molecule has 0 heterocycles. The molecule has 0 amide bonds. The van der Waals surface area contributed by atoms with Gasteiger partial charge in [-0.2, -0.15) is 0 Å². The van der Waals surface area contributed by atoms with Crippen molar-refractivity contribution in [2.24, 2.45) is 0 Å². The molecule has 1 aromatic carbocycles. The quantitative estimate of drug-likeness (QED) is 0.287. The molecule has 0 nitrogen and oxygen atoms in total. The van der Waals surface area contributed by atoms with Gasteiger partial charge in [0.15, 0.2) is 0 Å². The second kappa shape index (κ2) is 7.09. The first-order chi connectivity index (χ1) is 4.20. The van der Waals surface area contributed by atoms with Gasteiger partial charge in [-0.3, -0.25) is 0 Å². The Hall–Kier alpha value is 1.65. The first-order valence-electron chi connectivity index (χ1n) is 2.96. The standard InChI is InChI=1S/C8H9P.2Na/c1-6-3-4-7(2)8(9)5-6;;/h3-5H,1-2H3;;/q-2;2*+1. The van der Waals surface area contributed by atoms with Crippen LogP contribution in [-0.2, 0) is 0 Å². The molecule has 0 saturated heterocycles. The Balaban J connectivity index is 0. The van der Waals surface area contributed by atoms with Gasteiger partial charge in [0.1, 0.15) is 0 Å². The summed E-state index contributed by atoms with van der Waals surface area (Å²) in [4.78, 5) is 0. The number of rotatable bonds is 0. The maximum absolute atomic E-state index is 4.27. The van der Waals surface area contributed by atoms with Gasteiger partial charge in [0.2, 0.25) is 0 Å². The van der Waals surface area contributed by atoms with E-state index in [0.29, 0.717) is 0 Å². The number of aryl methyl sites for hydroxylation is 2. The zero-order valence-corrected chi connectivity index (χ0v) is 12.6. The molecule has 0 unspecified atom stereocenters. The van der Waals surface area contributed by atoms with Gasteiger partial charge in [-0.25, -0.2) is 0 Å². The third-order valence-corrected chi connectivity index (χ3v) is 1.85. The van der Waals surface area contributed by atoms with Crippen LogP contribution >= 0.6 is 9.24 Å². The smallest absolute Gasteiger partial charge is 1.00 e. The number of benzene rings is 1. The van der Waals surface area contributed by atoms with E-state index in [2.05, 4.69) is 41.3 Å². The summed E-state index contributed by atoms with van der Waals surface area (Å²) in [5, 5.41) is 1.08. The minimum absolute atomic E-state index is 0. The van der Waals surface area contributed by atoms with Crippen LogP contribution < -0.4 is 64.4 Å². The number of hydrogen-bond donors (Lipinski definition) is 0. The Morgan fingerprint density at radius 2 is 1.64 bits per heavy atom. The van der Waals surface area contributed by atoms with Crippen molar-refractivity contribution in [1.82, 2.24) is 0 Å². The van der Waals surface area contributed by atoms with Crippen molar-refractivity contribution in [1.29, 1.82) is 0 Å². The Labute approximate surface area is 115 Å². The zero-order valence-electron chi connectivity index (χ0n) is 7.68. The van der Waals surface area contributed by atoms with Crippen LogP contribution in [0.4, 0.5) is 0 Å². The van der Waals surface area contributed by atoms with Crippen molar-refractivity contribution in [3.05, 3.63) is 29.3 Å². The molecule has 3 heteroatoms. The van der Waals surface area contributed by atoms with E-state index in [0.717, 1.165) is 5.30 Å². The third kappa shape index (κ3) is 5.05. The molecule has 0 radical (unpaired) electrons. The summed E-state index contributed by atoms with van der Waals surface area (Å²) in [6, 6.07) is 6.24. The van der Waals surface area contributed by atoms with E-state index in [9.17, 15) is 0 Å². The van der Waals surface area contributed by atoms with Crippen LogP contribution in [0.25, 0.3) is 0 Å². The van der Waals surface area contributed by atoms with Crippen molar-refractivity contribution in [3.8, 4) is 0 Å². The Kier molecular flexibility index (Phi) is 9.76. The third-order valence-electron chi connectivity index (χ3n) is 1.36. The average molecular weight is 182 g/mol. The topological polar surface area (TPSA) is 0 Å². The minimum atomic E-state index is 0. The second-order valence-electron chi connectivity index (χ2n) is 2.29. The fraction of sp³-hybridized carbons (Fsp3) is 0.250. The van der Waals surface area contributed by atoms with Gasteiger partial charge in [-0.1, -0.05) is 17.7 Å². The molecule has 0 aliphatic rings. The fourth-order valence-corrected chi connectivity index (χ4v) is 0.998. The van der Waals surface area contributed by atoms with Crippen LogP contribution in [-0.4, -0.2) is 0 Å². The summed E-state index contributed by atoms with van der Waals surface area (Å²) in [7, 11) is 4.27. The van der Waals surface area contributed by atoms with E-state index in [4.69, 9.17) is 0 Å². The SMILES string of the molecule is Cc1ccc(C)c([P-2])c1.[Na+].[Na+]. The molecule has 0 bridgehead atoms. The van der Waals surface area contributed by atoms with E-state index in [1.54, 1.807) is 0 Å². The molecule has 11 heavy (non-hydrogen) atoms. The maximum atomic E-state index is 4.27. The summed E-state index contributed by atoms with van der Waals surface area (Å²) in [6.45, 7) is 4.13. The van der Waals surface area contributed by atoms with E-state index < -0.39 is 0 Å². The molecule has 48 valence electrons. The van der Waals surface area contributed by atoms with Crippen LogP contribution in [0.5, 0.6) is 0 Å². The molecule has 0 N–H and O–H groups in total. The Bertz CT molecular complexity index is 223. The van der Waals surface area contributed by atoms with Gasteiger partial charge in [0, 0.05) is 0 Å². The molecule has 0 aromatic heterocycles. The van der Waals surface area contributed by atoms with Gasteiger partial charge >= 0.3 is 59.1 Å². The molecule has 0 atom stereocenters. The minimum Gasteiger partial charge on any atom is -1.45 e. The zero-order chi connectivity index (χ0) is 6.85. The average Bonchev–Trinajstić information content (AvgIpc) is 1.80. The van der Waals surface area contributed by atoms with Crippen molar-refractivity contribution in [2.45, 2.75) is 13.8 Å². The number of hydrogen-bond acceptors (Lipinski definition) is 0. The maximum Gasteiger partial charge on any atom is 1.00 e. The molecular formula is C8H9Na2P. The molecule has 0 saturated carbocycles. The van der Waals surface area contributed by atoms with E-state index >= 15 is 0 Å². The van der Waals surface area contributed by atoms with E-state index in [1.807, 2.05) is 0 Å². The summed E-state index contributed by atoms with van der Waals surface area (Å²) in [5.41, 5.74) is 2.51. The van der Waals surface area contributed by atoms with Crippen LogP contribution in [0.2, 0.25) is 0 Å². The molecular weight excluding hydrogens is 173 g/mol. The van der Waals surface area contributed by atoms with Gasteiger partial charge in [-0.15, -0.1) is 11.6 Å². The van der Waals surface area contributed by atoms with E-state index in [1.165, 1.54) is 11.1 Å². The van der Waals surface area contributed by atoms with Gasteiger partial charge in [0.25, 0.3) is 0 Å². The van der Waals surface area contributed by atoms with E-state index in [-0.39, 0.29) is 59.1 Å². The monoisotopic (exact) mass is 182 g/mol. The molecule has 0 fully saturated rings. The predicted octanol–water partition coefficient (Wildman–Crippen LogP) is -3.65. The van der Waals surface area contributed by atoms with Crippen LogP contribution in [0, 0.1) is 13.8 Å². The normalized spacial score (nSPS) is 7.91. The summed E-state index contributed by atoms with van der Waals surface area (Å²) >= 11 is 0. The van der Waals surface area contributed by atoms with Crippen molar-refractivity contribution in [2.75, 3.05) is 0 Å². The molecule has 1 rings (SSSR count). The van der Waals surface area contributed by atoms with Crippen LogP contribution in [0.3, 0.4) is 0 Å². The van der Waals surface area contributed by atoms with Crippen LogP contribution in [0.15, 0.2) is 18.2 Å². The Morgan fingerprint density at radius 1 is 1.09 bits per heavy atom. The fourth-order valence-electron chi connectivity index (χ4n) is 0.719. The van der Waals surface area contributed by atoms with Gasteiger partial charge in [-0.05, 0) is 13.8 Å².